The first-order valence-corrected chi connectivity index (χ1v) is 13.0. The van der Waals surface area contributed by atoms with Crippen molar-refractivity contribution in [1.82, 2.24) is 15.0 Å². The lowest BCUT2D eigenvalue weighted by molar-refractivity contribution is -0.134. The number of benzene rings is 3. The first-order chi connectivity index (χ1) is 19.1. The molecule has 3 aromatic carbocycles. The van der Waals surface area contributed by atoms with Crippen LogP contribution in [-0.2, 0) is 17.6 Å². The standard InChI is InChI=1S/C30H29F3N4O3/c1-4-19-6-5-7-26-23(19)12-13-27(29(39)36(26)17-30(31,32)33)37-16-25(34-35-37)20-8-10-24(28(15-20)40-3)22-11-9-21(38)14-18(22)2/h5-11,14-16,27,38H,4,12-13,17H2,1-3H3. The van der Waals surface area contributed by atoms with Gasteiger partial charge < -0.3 is 14.7 Å². The molecule has 2 heterocycles. The van der Waals surface area contributed by atoms with E-state index in [1.165, 1.54) is 4.68 Å². The molecule has 4 aromatic rings. The van der Waals surface area contributed by atoms with Crippen LogP contribution in [0.2, 0.25) is 0 Å². The van der Waals surface area contributed by atoms with Crippen LogP contribution in [0.25, 0.3) is 22.4 Å². The summed E-state index contributed by atoms with van der Waals surface area (Å²) in [6.07, 6.45) is -1.59. The van der Waals surface area contributed by atoms with Gasteiger partial charge in [-0.2, -0.15) is 13.2 Å². The van der Waals surface area contributed by atoms with Gasteiger partial charge in [0.05, 0.1) is 13.3 Å². The third-order valence-corrected chi connectivity index (χ3v) is 7.30. The van der Waals surface area contributed by atoms with Gasteiger partial charge >= 0.3 is 6.18 Å². The second kappa shape index (κ2) is 10.7. The highest BCUT2D eigenvalue weighted by atomic mass is 19.4. The zero-order valence-electron chi connectivity index (χ0n) is 22.4. The molecule has 0 radical (unpaired) electrons. The number of ether oxygens (including phenoxy) is 1. The number of phenolic OH excluding ortho intramolecular Hbond substituents is 1. The Morgan fingerprint density at radius 1 is 1.10 bits per heavy atom. The molecule has 208 valence electrons. The minimum absolute atomic E-state index is 0.171. The van der Waals surface area contributed by atoms with Crippen LogP contribution in [0.3, 0.4) is 0 Å². The summed E-state index contributed by atoms with van der Waals surface area (Å²) in [7, 11) is 1.55. The third kappa shape index (κ3) is 5.25. The summed E-state index contributed by atoms with van der Waals surface area (Å²) in [4.78, 5) is 14.4. The lowest BCUT2D eigenvalue weighted by Gasteiger charge is -2.27. The Bertz CT molecular complexity index is 1560. The summed E-state index contributed by atoms with van der Waals surface area (Å²) < 4.78 is 47.8. The first-order valence-electron chi connectivity index (χ1n) is 13.0. The molecule has 0 saturated heterocycles. The molecule has 0 spiro atoms. The van der Waals surface area contributed by atoms with Gasteiger partial charge in [-0.25, -0.2) is 4.68 Å². The summed E-state index contributed by atoms with van der Waals surface area (Å²) in [5.74, 6) is 0.0751. The maximum atomic E-state index is 13.6. The van der Waals surface area contributed by atoms with E-state index in [2.05, 4.69) is 10.3 Å². The second-order valence-corrected chi connectivity index (χ2v) is 9.86. The number of carbonyl (C=O) groups excluding carboxylic acids is 1. The average molecular weight is 551 g/mol. The van der Waals surface area contributed by atoms with Crippen molar-refractivity contribution in [2.45, 2.75) is 45.3 Å². The molecule has 0 fully saturated rings. The number of alkyl halides is 3. The molecule has 1 aliphatic rings. The number of fused-ring (bicyclic) bond motifs is 1. The summed E-state index contributed by atoms with van der Waals surface area (Å²) in [6.45, 7) is 2.46. The van der Waals surface area contributed by atoms with Gasteiger partial charge in [0.1, 0.15) is 29.8 Å². The van der Waals surface area contributed by atoms with E-state index in [1.807, 2.05) is 38.1 Å². The molecule has 0 saturated carbocycles. The van der Waals surface area contributed by atoms with E-state index in [9.17, 15) is 23.1 Å². The van der Waals surface area contributed by atoms with Crippen LogP contribution in [0.15, 0.2) is 60.8 Å². The Morgan fingerprint density at radius 2 is 1.88 bits per heavy atom. The number of rotatable bonds is 6. The number of aryl methyl sites for hydroxylation is 2. The topological polar surface area (TPSA) is 80.5 Å². The highest BCUT2D eigenvalue weighted by Crippen LogP contribution is 2.38. The molecule has 1 atom stereocenters. The number of hydrogen-bond acceptors (Lipinski definition) is 5. The SMILES string of the molecule is CCc1cccc2c1CCC(n1cc(-c3ccc(-c4ccc(O)cc4C)c(OC)c3)nn1)C(=O)N2CC(F)(F)F. The zero-order chi connectivity index (χ0) is 28.6. The molecule has 1 amide bonds. The lowest BCUT2D eigenvalue weighted by Crippen LogP contribution is -2.42. The van der Waals surface area contributed by atoms with Crippen LogP contribution in [0.5, 0.6) is 11.5 Å². The van der Waals surface area contributed by atoms with E-state index in [-0.39, 0.29) is 5.75 Å². The van der Waals surface area contributed by atoms with E-state index in [0.717, 1.165) is 32.7 Å². The summed E-state index contributed by atoms with van der Waals surface area (Å²) in [5, 5.41) is 18.2. The van der Waals surface area contributed by atoms with Gasteiger partial charge in [0, 0.05) is 16.8 Å². The Balaban J connectivity index is 1.49. The van der Waals surface area contributed by atoms with Gasteiger partial charge in [-0.1, -0.05) is 36.4 Å². The maximum absolute atomic E-state index is 13.6. The van der Waals surface area contributed by atoms with E-state index < -0.39 is 24.7 Å². The Labute approximate surface area is 229 Å². The lowest BCUT2D eigenvalue weighted by atomic mass is 9.97. The number of halogens is 3. The van der Waals surface area contributed by atoms with Gasteiger partial charge in [-0.3, -0.25) is 4.79 Å². The fraction of sp³-hybridized carbons (Fsp3) is 0.300. The fourth-order valence-electron chi connectivity index (χ4n) is 5.37. The van der Waals surface area contributed by atoms with Gasteiger partial charge in [0.2, 0.25) is 0 Å². The van der Waals surface area contributed by atoms with Crippen LogP contribution in [0.4, 0.5) is 18.9 Å². The quantitative estimate of drug-likeness (QED) is 0.306. The van der Waals surface area contributed by atoms with Gasteiger partial charge in [0.25, 0.3) is 5.91 Å². The average Bonchev–Trinajstić information content (AvgIpc) is 3.36. The number of carbonyl (C=O) groups is 1. The number of phenols is 1. The van der Waals surface area contributed by atoms with Crippen molar-refractivity contribution in [3.8, 4) is 33.9 Å². The largest absolute Gasteiger partial charge is 0.508 e. The van der Waals surface area contributed by atoms with Gasteiger partial charge in [-0.05, 0) is 78.8 Å². The van der Waals surface area contributed by atoms with Crippen molar-refractivity contribution >= 4 is 11.6 Å². The number of aromatic hydroxyl groups is 1. The zero-order valence-corrected chi connectivity index (χ0v) is 22.4. The minimum atomic E-state index is -4.56. The molecule has 1 aliphatic heterocycles. The maximum Gasteiger partial charge on any atom is 0.406 e. The van der Waals surface area contributed by atoms with Crippen molar-refractivity contribution in [2.24, 2.45) is 0 Å². The second-order valence-electron chi connectivity index (χ2n) is 9.86. The number of hydrogen-bond donors (Lipinski definition) is 1. The Hall–Kier alpha value is -4.34. The van der Waals surface area contributed by atoms with Crippen molar-refractivity contribution < 1.29 is 27.8 Å². The molecule has 5 rings (SSSR count). The minimum Gasteiger partial charge on any atom is -0.508 e. The fourth-order valence-corrected chi connectivity index (χ4v) is 5.37. The molecule has 1 unspecified atom stereocenters. The highest BCUT2D eigenvalue weighted by Gasteiger charge is 2.40. The molecule has 0 aliphatic carbocycles. The number of aromatic nitrogens is 3. The van der Waals surface area contributed by atoms with Crippen molar-refractivity contribution in [2.75, 3.05) is 18.6 Å². The molecule has 1 N–H and O–H groups in total. The van der Waals surface area contributed by atoms with Crippen molar-refractivity contribution in [3.63, 3.8) is 0 Å². The Kier molecular flexibility index (Phi) is 7.27. The summed E-state index contributed by atoms with van der Waals surface area (Å²) in [6, 6.07) is 14.8. The molecular weight excluding hydrogens is 521 g/mol. The highest BCUT2D eigenvalue weighted by molar-refractivity contribution is 5.98. The van der Waals surface area contributed by atoms with Crippen LogP contribution >= 0.6 is 0 Å². The number of methoxy groups -OCH3 is 1. The third-order valence-electron chi connectivity index (χ3n) is 7.30. The molecule has 10 heteroatoms. The summed E-state index contributed by atoms with van der Waals surface area (Å²) >= 11 is 0. The molecule has 0 bridgehead atoms. The normalized spacial score (nSPS) is 15.6. The monoisotopic (exact) mass is 550 g/mol. The number of nitrogens with zero attached hydrogens (tertiary/aromatic N) is 4. The first kappa shape index (κ1) is 27.2. The van der Waals surface area contributed by atoms with Crippen LogP contribution < -0.4 is 9.64 Å². The van der Waals surface area contributed by atoms with E-state index in [0.29, 0.717) is 42.0 Å². The van der Waals surface area contributed by atoms with E-state index in [4.69, 9.17) is 4.74 Å². The van der Waals surface area contributed by atoms with Crippen molar-refractivity contribution in [3.05, 3.63) is 77.5 Å². The predicted octanol–water partition coefficient (Wildman–Crippen LogP) is 6.28. The Morgan fingerprint density at radius 3 is 2.58 bits per heavy atom. The van der Waals surface area contributed by atoms with Crippen molar-refractivity contribution in [1.29, 1.82) is 0 Å². The molecule has 1 aromatic heterocycles. The van der Waals surface area contributed by atoms with Crippen LogP contribution in [0.1, 0.15) is 36.1 Å². The number of amides is 1. The summed E-state index contributed by atoms with van der Waals surface area (Å²) in [5.41, 5.74) is 5.70. The smallest absolute Gasteiger partial charge is 0.406 e. The van der Waals surface area contributed by atoms with E-state index >= 15 is 0 Å². The van der Waals surface area contributed by atoms with Gasteiger partial charge in [-0.15, -0.1) is 5.10 Å². The van der Waals surface area contributed by atoms with Crippen LogP contribution in [-0.4, -0.2) is 45.8 Å². The molecule has 7 nitrogen and oxygen atoms in total. The number of anilines is 1. The van der Waals surface area contributed by atoms with Crippen LogP contribution in [0, 0.1) is 6.92 Å². The molecule has 40 heavy (non-hydrogen) atoms. The predicted molar refractivity (Wildman–Crippen MR) is 145 cm³/mol. The molecular formula is C30H29F3N4O3. The van der Waals surface area contributed by atoms with Gasteiger partial charge in [0.15, 0.2) is 0 Å². The van der Waals surface area contributed by atoms with E-state index in [1.54, 1.807) is 43.6 Å².